The second-order valence-electron chi connectivity index (χ2n) is 5.29. The molecule has 0 saturated heterocycles. The van der Waals surface area contributed by atoms with E-state index in [1.807, 2.05) is 31.2 Å². The number of halogens is 1. The quantitative estimate of drug-likeness (QED) is 0.750. The molecule has 2 aromatic heterocycles. The highest BCUT2D eigenvalue weighted by Crippen LogP contribution is 2.31. The summed E-state index contributed by atoms with van der Waals surface area (Å²) in [6.07, 6.45) is 0. The van der Waals surface area contributed by atoms with E-state index in [0.29, 0.717) is 23.0 Å². The number of aromatic amines is 1. The smallest absolute Gasteiger partial charge is 0.217 e. The maximum Gasteiger partial charge on any atom is 0.217 e. The van der Waals surface area contributed by atoms with Crippen LogP contribution in [0.2, 0.25) is 5.02 Å². The highest BCUT2D eigenvalue weighted by molar-refractivity contribution is 6.32. The van der Waals surface area contributed by atoms with Crippen molar-refractivity contribution in [2.24, 2.45) is 0 Å². The van der Waals surface area contributed by atoms with Gasteiger partial charge in [0, 0.05) is 35.7 Å². The first-order valence-corrected chi connectivity index (χ1v) is 7.49. The van der Waals surface area contributed by atoms with Crippen LogP contribution in [0.5, 0.6) is 5.75 Å². The van der Waals surface area contributed by atoms with E-state index in [0.717, 1.165) is 22.4 Å². The van der Waals surface area contributed by atoms with Crippen molar-refractivity contribution in [2.75, 3.05) is 0 Å². The molecule has 2 heterocycles. The molecule has 0 radical (unpaired) electrons. The van der Waals surface area contributed by atoms with Gasteiger partial charge in [0.25, 0.3) is 0 Å². The Bertz CT molecular complexity index is 853. The summed E-state index contributed by atoms with van der Waals surface area (Å²) < 4.78 is 10.7. The molecular weight excluding hydrogens is 318 g/mol. The molecule has 2 N–H and O–H groups in total. The van der Waals surface area contributed by atoms with Gasteiger partial charge < -0.3 is 19.6 Å². The van der Waals surface area contributed by atoms with Crippen molar-refractivity contribution in [1.82, 2.24) is 15.5 Å². The van der Waals surface area contributed by atoms with Crippen LogP contribution in [-0.2, 0) is 17.9 Å². The third kappa shape index (κ3) is 3.65. The third-order valence-corrected chi connectivity index (χ3v) is 3.60. The van der Waals surface area contributed by atoms with E-state index in [9.17, 15) is 4.79 Å². The third-order valence-electron chi connectivity index (χ3n) is 3.31. The molecule has 0 aliphatic heterocycles. The van der Waals surface area contributed by atoms with E-state index < -0.39 is 0 Å². The van der Waals surface area contributed by atoms with Gasteiger partial charge in [0.15, 0.2) is 0 Å². The van der Waals surface area contributed by atoms with Crippen LogP contribution in [0.4, 0.5) is 0 Å². The summed E-state index contributed by atoms with van der Waals surface area (Å²) in [5.74, 6) is 1.22. The lowest BCUT2D eigenvalue weighted by Crippen LogP contribution is -2.18. The van der Waals surface area contributed by atoms with Crippen molar-refractivity contribution in [1.29, 1.82) is 0 Å². The molecule has 1 amide bonds. The topological polar surface area (TPSA) is 80.2 Å². The largest absolute Gasteiger partial charge is 0.486 e. The molecule has 120 valence electrons. The predicted molar refractivity (Wildman–Crippen MR) is 86.4 cm³/mol. The maximum absolute atomic E-state index is 11.0. The van der Waals surface area contributed by atoms with E-state index in [1.54, 1.807) is 0 Å². The van der Waals surface area contributed by atoms with Gasteiger partial charge in [-0.3, -0.25) is 4.79 Å². The number of nitrogens with one attached hydrogen (secondary N) is 2. The van der Waals surface area contributed by atoms with Gasteiger partial charge >= 0.3 is 0 Å². The molecule has 0 unspecified atom stereocenters. The lowest BCUT2D eigenvalue weighted by Gasteiger charge is -2.06. The minimum Gasteiger partial charge on any atom is -0.486 e. The van der Waals surface area contributed by atoms with Gasteiger partial charge in [-0.25, -0.2) is 0 Å². The van der Waals surface area contributed by atoms with Gasteiger partial charge in [-0.15, -0.1) is 0 Å². The second kappa shape index (κ2) is 6.34. The van der Waals surface area contributed by atoms with Crippen LogP contribution < -0.4 is 10.1 Å². The minimum atomic E-state index is -0.0754. The first kappa shape index (κ1) is 15.4. The van der Waals surface area contributed by atoms with E-state index in [-0.39, 0.29) is 12.5 Å². The fourth-order valence-electron chi connectivity index (χ4n) is 2.26. The summed E-state index contributed by atoms with van der Waals surface area (Å²) in [4.78, 5) is 14.2. The van der Waals surface area contributed by atoms with Gasteiger partial charge in [-0.2, -0.15) is 0 Å². The molecular formula is C16H16ClN3O3. The molecule has 0 aliphatic carbocycles. The number of carbonyl (C=O) groups excluding carboxylic acids is 1. The fraction of sp³-hybridized carbons (Fsp3) is 0.250. The number of aromatic nitrogens is 2. The number of hydrogen-bond donors (Lipinski definition) is 2. The number of rotatable bonds is 5. The van der Waals surface area contributed by atoms with Crippen molar-refractivity contribution in [3.8, 4) is 5.75 Å². The van der Waals surface area contributed by atoms with Crippen LogP contribution in [0.15, 0.2) is 28.8 Å². The normalized spacial score (nSPS) is 10.9. The molecule has 0 saturated carbocycles. The molecule has 6 nitrogen and oxygen atoms in total. The molecule has 7 heteroatoms. The Morgan fingerprint density at radius 2 is 2.22 bits per heavy atom. The Hall–Kier alpha value is -2.47. The molecule has 3 rings (SSSR count). The van der Waals surface area contributed by atoms with E-state index in [4.69, 9.17) is 20.9 Å². The van der Waals surface area contributed by atoms with Crippen molar-refractivity contribution >= 4 is 28.4 Å². The molecule has 0 aliphatic rings. The highest BCUT2D eigenvalue weighted by Gasteiger charge is 2.09. The van der Waals surface area contributed by atoms with Crippen LogP contribution in [0, 0.1) is 6.92 Å². The lowest BCUT2D eigenvalue weighted by molar-refractivity contribution is -0.119. The van der Waals surface area contributed by atoms with Gasteiger partial charge in [0.2, 0.25) is 5.91 Å². The number of ether oxygens (including phenoxy) is 1. The molecule has 0 atom stereocenters. The van der Waals surface area contributed by atoms with Crippen molar-refractivity contribution in [2.45, 2.75) is 27.0 Å². The monoisotopic (exact) mass is 333 g/mol. The number of amides is 1. The zero-order valence-corrected chi connectivity index (χ0v) is 13.5. The Kier molecular flexibility index (Phi) is 4.25. The number of fused-ring (bicyclic) bond motifs is 1. The summed E-state index contributed by atoms with van der Waals surface area (Å²) >= 11 is 6.26. The molecule has 0 fully saturated rings. The Morgan fingerprint density at radius 1 is 1.39 bits per heavy atom. The van der Waals surface area contributed by atoms with E-state index in [2.05, 4.69) is 15.5 Å². The van der Waals surface area contributed by atoms with Crippen molar-refractivity contribution < 1.29 is 14.1 Å². The average molecular weight is 334 g/mol. The number of H-pyrrole nitrogens is 1. The number of benzene rings is 1. The number of nitrogens with zero attached hydrogens (tertiary/aromatic N) is 1. The lowest BCUT2D eigenvalue weighted by atomic mass is 10.2. The van der Waals surface area contributed by atoms with E-state index >= 15 is 0 Å². The molecule has 0 bridgehead atoms. The number of carbonyl (C=O) groups is 1. The highest BCUT2D eigenvalue weighted by atomic mass is 35.5. The predicted octanol–water partition coefficient (Wildman–Crippen LogP) is 3.33. The fourth-order valence-corrected chi connectivity index (χ4v) is 2.48. The van der Waals surface area contributed by atoms with Crippen LogP contribution in [-0.4, -0.2) is 16.0 Å². The zero-order chi connectivity index (χ0) is 16.4. The molecule has 23 heavy (non-hydrogen) atoms. The SMILES string of the molecule is CC(=O)NCc1cc2cc(Cl)c(OCc3cc(C)on3)cc2[nH]1. The standard InChI is InChI=1S/C16H16ClN3O3/c1-9-3-13(20-23-9)8-22-16-6-15-11(5-14(16)17)4-12(19-15)7-18-10(2)21/h3-6,19H,7-8H2,1-2H3,(H,18,21). The summed E-state index contributed by atoms with van der Waals surface area (Å²) in [5, 5.41) is 8.10. The van der Waals surface area contributed by atoms with Gasteiger partial charge in [-0.1, -0.05) is 16.8 Å². The van der Waals surface area contributed by atoms with Gasteiger partial charge in [0.1, 0.15) is 23.8 Å². The van der Waals surface area contributed by atoms with Crippen LogP contribution in [0.25, 0.3) is 10.9 Å². The summed E-state index contributed by atoms with van der Waals surface area (Å²) in [6, 6.07) is 7.42. The second-order valence-corrected chi connectivity index (χ2v) is 5.70. The first-order chi connectivity index (χ1) is 11.0. The van der Waals surface area contributed by atoms with E-state index in [1.165, 1.54) is 6.92 Å². The zero-order valence-electron chi connectivity index (χ0n) is 12.8. The van der Waals surface area contributed by atoms with Gasteiger partial charge in [-0.05, 0) is 19.1 Å². The maximum atomic E-state index is 11.0. The van der Waals surface area contributed by atoms with Crippen LogP contribution in [0.3, 0.4) is 0 Å². The summed E-state index contributed by atoms with van der Waals surface area (Å²) in [5.41, 5.74) is 2.49. The van der Waals surface area contributed by atoms with Crippen molar-refractivity contribution in [3.05, 3.63) is 46.4 Å². The summed E-state index contributed by atoms with van der Waals surface area (Å²) in [6.45, 7) is 4.03. The Labute approximate surface area is 137 Å². The number of aryl methyl sites for hydroxylation is 1. The molecule has 3 aromatic rings. The molecule has 1 aromatic carbocycles. The average Bonchev–Trinajstić information content (AvgIpc) is 3.08. The number of hydrogen-bond acceptors (Lipinski definition) is 4. The Morgan fingerprint density at radius 3 is 2.91 bits per heavy atom. The first-order valence-electron chi connectivity index (χ1n) is 7.12. The Balaban J connectivity index is 1.77. The van der Waals surface area contributed by atoms with Crippen LogP contribution in [0.1, 0.15) is 24.1 Å². The van der Waals surface area contributed by atoms with Crippen LogP contribution >= 0.6 is 11.6 Å². The minimum absolute atomic E-state index is 0.0754. The summed E-state index contributed by atoms with van der Waals surface area (Å²) in [7, 11) is 0. The van der Waals surface area contributed by atoms with Gasteiger partial charge in [0.05, 0.1) is 11.6 Å². The molecule has 0 spiro atoms. The van der Waals surface area contributed by atoms with Crippen molar-refractivity contribution in [3.63, 3.8) is 0 Å².